The van der Waals surface area contributed by atoms with Gasteiger partial charge in [-0.05, 0) is 31.5 Å². The minimum Gasteiger partial charge on any atom is -0.490 e. The summed E-state index contributed by atoms with van der Waals surface area (Å²) in [5.41, 5.74) is -0.441. The summed E-state index contributed by atoms with van der Waals surface area (Å²) >= 11 is 0. The van der Waals surface area contributed by atoms with Crippen LogP contribution in [0.2, 0.25) is 0 Å². The van der Waals surface area contributed by atoms with Crippen LogP contribution in [0.15, 0.2) is 24.3 Å². The van der Waals surface area contributed by atoms with Crippen molar-refractivity contribution >= 4 is 11.9 Å². The molecule has 156 valence electrons. The second-order valence-electron chi connectivity index (χ2n) is 6.71. The van der Waals surface area contributed by atoms with E-state index in [4.69, 9.17) is 4.74 Å². The van der Waals surface area contributed by atoms with Gasteiger partial charge in [-0.3, -0.25) is 0 Å². The third kappa shape index (κ3) is 4.75. The maximum atomic E-state index is 13.9. The van der Waals surface area contributed by atoms with Gasteiger partial charge < -0.3 is 14.4 Å². The number of alkyl halides is 3. The zero-order valence-corrected chi connectivity index (χ0v) is 15.8. The van der Waals surface area contributed by atoms with Crippen molar-refractivity contribution in [3.05, 3.63) is 47.0 Å². The van der Waals surface area contributed by atoms with Gasteiger partial charge in [0, 0.05) is 24.7 Å². The highest BCUT2D eigenvalue weighted by Crippen LogP contribution is 2.38. The van der Waals surface area contributed by atoms with Gasteiger partial charge in [0.2, 0.25) is 5.95 Å². The van der Waals surface area contributed by atoms with Crippen LogP contribution in [0.4, 0.5) is 23.5 Å². The lowest BCUT2D eigenvalue weighted by Gasteiger charge is -2.19. The first-order valence-electron chi connectivity index (χ1n) is 8.86. The lowest BCUT2D eigenvalue weighted by atomic mass is 10.1. The van der Waals surface area contributed by atoms with Crippen LogP contribution in [0.3, 0.4) is 0 Å². The van der Waals surface area contributed by atoms with Gasteiger partial charge in [-0.25, -0.2) is 19.2 Å². The Labute approximate surface area is 164 Å². The van der Waals surface area contributed by atoms with Gasteiger partial charge >= 0.3 is 12.1 Å². The largest absolute Gasteiger partial charge is 0.490 e. The number of nitrogens with zero attached hydrogens (tertiary/aromatic N) is 3. The average Bonchev–Trinajstić information content (AvgIpc) is 3.14. The first-order valence-corrected chi connectivity index (χ1v) is 8.86. The van der Waals surface area contributed by atoms with Crippen LogP contribution in [-0.2, 0) is 10.9 Å². The molecule has 1 aliphatic rings. The molecular formula is C19H19F4N3O3. The molecular weight excluding hydrogens is 394 g/mol. The number of ether oxygens (including phenoxy) is 2. The molecule has 0 saturated carbocycles. The van der Waals surface area contributed by atoms with E-state index in [1.807, 2.05) is 0 Å². The highest BCUT2D eigenvalue weighted by Gasteiger charge is 2.36. The maximum Gasteiger partial charge on any atom is 0.420 e. The minimum atomic E-state index is -4.71. The number of hydrogen-bond donors (Lipinski definition) is 0. The van der Waals surface area contributed by atoms with Crippen LogP contribution in [0, 0.1) is 18.7 Å². The van der Waals surface area contributed by atoms with E-state index in [1.165, 1.54) is 13.2 Å². The molecule has 2 heterocycles. The van der Waals surface area contributed by atoms with E-state index in [-0.39, 0.29) is 18.2 Å². The molecule has 1 atom stereocenters. The molecule has 3 rings (SSSR count). The summed E-state index contributed by atoms with van der Waals surface area (Å²) in [7, 11) is 1.25. The average molecular weight is 413 g/mol. The van der Waals surface area contributed by atoms with E-state index in [1.54, 1.807) is 11.8 Å². The number of carbonyl (C=O) groups is 1. The number of carbonyl (C=O) groups excluding carboxylic acids is 1. The third-order valence-corrected chi connectivity index (χ3v) is 4.54. The zero-order chi connectivity index (χ0) is 21.2. The van der Waals surface area contributed by atoms with Gasteiger partial charge in [-0.2, -0.15) is 13.2 Å². The number of halogens is 4. The fraction of sp³-hybridized carbons (Fsp3) is 0.421. The topological polar surface area (TPSA) is 64.5 Å². The van der Waals surface area contributed by atoms with Gasteiger partial charge in [0.1, 0.15) is 5.56 Å². The van der Waals surface area contributed by atoms with E-state index in [2.05, 4.69) is 14.7 Å². The lowest BCUT2D eigenvalue weighted by Crippen LogP contribution is -2.25. The number of aromatic nitrogens is 2. The summed E-state index contributed by atoms with van der Waals surface area (Å²) < 4.78 is 63.0. The van der Waals surface area contributed by atoms with Gasteiger partial charge in [0.05, 0.1) is 13.7 Å². The number of esters is 1. The van der Waals surface area contributed by atoms with Crippen molar-refractivity contribution in [3.63, 3.8) is 0 Å². The molecule has 0 amide bonds. The van der Waals surface area contributed by atoms with Crippen molar-refractivity contribution < 1.29 is 31.8 Å². The summed E-state index contributed by atoms with van der Waals surface area (Å²) in [5.74, 6) is -2.26. The van der Waals surface area contributed by atoms with E-state index in [9.17, 15) is 22.4 Å². The number of aryl methyl sites for hydroxylation is 1. The fourth-order valence-electron chi connectivity index (χ4n) is 3.13. The molecule has 1 aromatic heterocycles. The Balaban J connectivity index is 1.69. The number of anilines is 1. The van der Waals surface area contributed by atoms with Crippen LogP contribution in [0.5, 0.6) is 5.75 Å². The van der Waals surface area contributed by atoms with Crippen molar-refractivity contribution in [2.75, 3.05) is 31.7 Å². The zero-order valence-electron chi connectivity index (χ0n) is 15.8. The normalized spacial score (nSPS) is 16.8. The van der Waals surface area contributed by atoms with Gasteiger partial charge in [-0.15, -0.1) is 0 Å². The molecule has 29 heavy (non-hydrogen) atoms. The summed E-state index contributed by atoms with van der Waals surface area (Å²) in [6.07, 6.45) is -4.11. The third-order valence-electron chi connectivity index (χ3n) is 4.54. The lowest BCUT2D eigenvalue weighted by molar-refractivity contribution is -0.139. The maximum absolute atomic E-state index is 13.9. The Morgan fingerprint density at radius 2 is 2.07 bits per heavy atom. The molecule has 0 spiro atoms. The second kappa shape index (κ2) is 8.22. The molecule has 0 radical (unpaired) electrons. The molecule has 0 bridgehead atoms. The molecule has 1 saturated heterocycles. The van der Waals surface area contributed by atoms with Crippen LogP contribution in [-0.4, -0.2) is 42.7 Å². The van der Waals surface area contributed by atoms with Crippen molar-refractivity contribution in [1.82, 2.24) is 9.97 Å². The first-order chi connectivity index (χ1) is 13.7. The van der Waals surface area contributed by atoms with Crippen LogP contribution in [0.25, 0.3) is 0 Å². The van der Waals surface area contributed by atoms with Gasteiger partial charge in [-0.1, -0.05) is 6.07 Å². The number of benzene rings is 1. The van der Waals surface area contributed by atoms with Crippen molar-refractivity contribution in [2.45, 2.75) is 19.5 Å². The Morgan fingerprint density at radius 1 is 1.31 bits per heavy atom. The quantitative estimate of drug-likeness (QED) is 0.551. The molecule has 1 aromatic carbocycles. The monoisotopic (exact) mass is 413 g/mol. The number of hydrogen-bond acceptors (Lipinski definition) is 6. The first kappa shape index (κ1) is 20.8. The highest BCUT2D eigenvalue weighted by molar-refractivity contribution is 5.87. The molecule has 6 nitrogen and oxygen atoms in total. The standard InChI is InChI=1S/C19H19F4N3O3/c1-11-8-15(17(27)28-2)25-18(24-11)26-7-6-12(9-26)10-29-16-13(19(21,22)23)4-3-5-14(16)20/h3-5,8,12H,6-7,9-10H2,1-2H3. The van der Waals surface area contributed by atoms with E-state index < -0.39 is 29.3 Å². The SMILES string of the molecule is COC(=O)c1cc(C)nc(N2CCC(COc3c(F)cccc3C(F)(F)F)C2)n1. The van der Waals surface area contributed by atoms with Crippen molar-refractivity contribution in [3.8, 4) is 5.75 Å². The smallest absolute Gasteiger partial charge is 0.420 e. The van der Waals surface area contributed by atoms with Crippen molar-refractivity contribution in [2.24, 2.45) is 5.92 Å². The fourth-order valence-corrected chi connectivity index (χ4v) is 3.13. The van der Waals surface area contributed by atoms with Crippen LogP contribution >= 0.6 is 0 Å². The number of methoxy groups -OCH3 is 1. The van der Waals surface area contributed by atoms with E-state index in [0.717, 1.165) is 18.2 Å². The predicted octanol–water partition coefficient (Wildman–Crippen LogP) is 3.63. The highest BCUT2D eigenvalue weighted by atomic mass is 19.4. The van der Waals surface area contributed by atoms with Crippen LogP contribution in [0.1, 0.15) is 28.2 Å². The Hall–Kier alpha value is -2.91. The Kier molecular flexibility index (Phi) is 5.90. The molecule has 0 N–H and O–H groups in total. The van der Waals surface area contributed by atoms with E-state index >= 15 is 0 Å². The van der Waals surface area contributed by atoms with Crippen molar-refractivity contribution in [1.29, 1.82) is 0 Å². The summed E-state index contributed by atoms with van der Waals surface area (Å²) in [6, 6.07) is 4.22. The molecule has 1 unspecified atom stereocenters. The summed E-state index contributed by atoms with van der Waals surface area (Å²) in [5, 5.41) is 0. The minimum absolute atomic E-state index is 0.0871. The number of para-hydroxylation sites is 1. The molecule has 1 aliphatic heterocycles. The molecule has 10 heteroatoms. The molecule has 0 aliphatic carbocycles. The molecule has 2 aromatic rings. The van der Waals surface area contributed by atoms with Crippen LogP contribution < -0.4 is 9.64 Å². The van der Waals surface area contributed by atoms with Gasteiger partial charge in [0.15, 0.2) is 17.3 Å². The Morgan fingerprint density at radius 3 is 2.76 bits per heavy atom. The molecule has 1 fully saturated rings. The number of rotatable bonds is 5. The summed E-state index contributed by atoms with van der Waals surface area (Å²) in [6.45, 7) is 2.56. The summed E-state index contributed by atoms with van der Waals surface area (Å²) in [4.78, 5) is 22.0. The predicted molar refractivity (Wildman–Crippen MR) is 95.3 cm³/mol. The second-order valence-corrected chi connectivity index (χ2v) is 6.71. The van der Waals surface area contributed by atoms with E-state index in [0.29, 0.717) is 31.2 Å². The Bertz CT molecular complexity index is 905. The van der Waals surface area contributed by atoms with Gasteiger partial charge in [0.25, 0.3) is 0 Å².